The van der Waals surface area contributed by atoms with E-state index >= 15 is 0 Å². The minimum absolute atomic E-state index is 0.146. The maximum Gasteiger partial charge on any atom is 0.262 e. The Labute approximate surface area is 225 Å². The Bertz CT molecular complexity index is 1710. The number of rotatable bonds is 8. The van der Waals surface area contributed by atoms with Crippen molar-refractivity contribution in [2.24, 2.45) is 0 Å². The van der Waals surface area contributed by atoms with Crippen LogP contribution in [0.4, 0.5) is 5.69 Å². The molecule has 3 heterocycles. The number of hydrogen-bond donors (Lipinski definition) is 1. The van der Waals surface area contributed by atoms with Crippen LogP contribution in [0.1, 0.15) is 32.7 Å². The molecule has 0 unspecified atom stereocenters. The van der Waals surface area contributed by atoms with Crippen LogP contribution in [0.2, 0.25) is 0 Å². The molecule has 2 amide bonds. The molecule has 1 N–H and O–H groups in total. The third kappa shape index (κ3) is 5.00. The smallest absolute Gasteiger partial charge is 0.262 e. The molecule has 0 saturated carbocycles. The Hall–Kier alpha value is -4.51. The van der Waals surface area contributed by atoms with E-state index in [2.05, 4.69) is 14.7 Å². The summed E-state index contributed by atoms with van der Waals surface area (Å²) in [6.45, 7) is 2.04. The first-order valence-electron chi connectivity index (χ1n) is 12.1. The van der Waals surface area contributed by atoms with Gasteiger partial charge in [0.05, 0.1) is 38.5 Å². The van der Waals surface area contributed by atoms with Gasteiger partial charge in [-0.15, -0.1) is 0 Å². The second-order valence-electron chi connectivity index (χ2n) is 9.11. The Morgan fingerprint density at radius 2 is 1.79 bits per heavy atom. The lowest BCUT2D eigenvalue weighted by Crippen LogP contribution is -2.33. The molecule has 0 bridgehead atoms. The summed E-state index contributed by atoms with van der Waals surface area (Å²) in [4.78, 5) is 36.0. The number of benzene rings is 2. The maximum absolute atomic E-state index is 13.6. The van der Waals surface area contributed by atoms with Crippen molar-refractivity contribution in [2.75, 3.05) is 19.1 Å². The fourth-order valence-electron chi connectivity index (χ4n) is 4.91. The summed E-state index contributed by atoms with van der Waals surface area (Å²) in [6, 6.07) is 13.7. The predicted octanol–water partition coefficient (Wildman–Crippen LogP) is 3.30. The molecule has 2 aromatic heterocycles. The van der Waals surface area contributed by atoms with Crippen LogP contribution in [0.3, 0.4) is 0 Å². The second-order valence-corrected chi connectivity index (χ2v) is 10.8. The lowest BCUT2D eigenvalue weighted by Gasteiger charge is -2.19. The maximum atomic E-state index is 13.6. The molecule has 5 rings (SSSR count). The summed E-state index contributed by atoms with van der Waals surface area (Å²) in [6.07, 6.45) is 3.05. The van der Waals surface area contributed by atoms with E-state index in [0.29, 0.717) is 56.0 Å². The van der Waals surface area contributed by atoms with Crippen LogP contribution in [-0.4, -0.2) is 44.4 Å². The zero-order valence-electron chi connectivity index (χ0n) is 21.6. The predicted molar refractivity (Wildman–Crippen MR) is 145 cm³/mol. The van der Waals surface area contributed by atoms with Gasteiger partial charge in [-0.3, -0.25) is 24.3 Å². The summed E-state index contributed by atoms with van der Waals surface area (Å²) in [5.41, 5.74) is 3.96. The average Bonchev–Trinajstić information content (AvgIpc) is 3.23. The molecule has 2 aromatic carbocycles. The van der Waals surface area contributed by atoms with Crippen LogP contribution in [0.15, 0.2) is 60.9 Å². The average molecular weight is 547 g/mol. The molecular formula is C28H26N4O6S. The van der Waals surface area contributed by atoms with Gasteiger partial charge < -0.3 is 14.4 Å². The molecule has 4 aromatic rings. The number of carbonyl (C=O) groups excluding carboxylic acids is 2. The fourth-order valence-corrected chi connectivity index (χ4v) is 6.02. The molecule has 11 heteroatoms. The van der Waals surface area contributed by atoms with Gasteiger partial charge in [0.2, 0.25) is 15.9 Å². The highest BCUT2D eigenvalue weighted by Gasteiger charge is 2.37. The highest BCUT2D eigenvalue weighted by Crippen LogP contribution is 2.45. The molecule has 1 aliphatic heterocycles. The van der Waals surface area contributed by atoms with Crippen LogP contribution in [0, 0.1) is 6.92 Å². The summed E-state index contributed by atoms with van der Waals surface area (Å²) in [5.74, 6) is -0.361. The van der Waals surface area contributed by atoms with Crippen molar-refractivity contribution in [3.8, 4) is 11.5 Å². The largest absolute Gasteiger partial charge is 0.495 e. The van der Waals surface area contributed by atoms with Gasteiger partial charge in [0.15, 0.2) is 5.75 Å². The number of amides is 2. The number of carbonyl (C=O) groups is 2. The highest BCUT2D eigenvalue weighted by molar-refractivity contribution is 7.89. The minimum Gasteiger partial charge on any atom is -0.495 e. The van der Waals surface area contributed by atoms with Crippen LogP contribution in [0.25, 0.3) is 10.9 Å². The molecule has 0 saturated heterocycles. The van der Waals surface area contributed by atoms with Gasteiger partial charge in [0.1, 0.15) is 11.3 Å². The summed E-state index contributed by atoms with van der Waals surface area (Å²) in [7, 11) is -0.891. The van der Waals surface area contributed by atoms with E-state index in [-0.39, 0.29) is 18.9 Å². The molecule has 1 aliphatic rings. The Kier molecular flexibility index (Phi) is 6.92. The van der Waals surface area contributed by atoms with E-state index in [9.17, 15) is 18.0 Å². The van der Waals surface area contributed by atoms with Crippen LogP contribution in [0.5, 0.6) is 11.5 Å². The van der Waals surface area contributed by atoms with Crippen LogP contribution in [-0.2, 0) is 33.5 Å². The SMILES string of the molecule is COc1c2c(c(OC)c3ncccc13)CN(c1ccc(CS(=O)(=O)NC(=O)Cc3ccccn3)cc1C)C2=O. The van der Waals surface area contributed by atoms with Crippen molar-refractivity contribution in [1.29, 1.82) is 0 Å². The standard InChI is InChI=1S/C28H26N4O6S/c1-17-13-18(16-39(35,36)31-23(33)14-19-7-4-5-11-29-19)9-10-22(17)32-15-21-24(28(32)34)26(37-2)20-8-6-12-30-25(20)27(21)38-3/h4-13H,14-16H2,1-3H3,(H,31,33). The molecule has 39 heavy (non-hydrogen) atoms. The lowest BCUT2D eigenvalue weighted by atomic mass is 10.0. The molecule has 0 aliphatic carbocycles. The van der Waals surface area contributed by atoms with Gasteiger partial charge in [-0.2, -0.15) is 0 Å². The van der Waals surface area contributed by atoms with Gasteiger partial charge in [-0.25, -0.2) is 8.42 Å². The van der Waals surface area contributed by atoms with E-state index in [1.54, 1.807) is 67.6 Å². The summed E-state index contributed by atoms with van der Waals surface area (Å²) in [5, 5.41) is 0.674. The van der Waals surface area contributed by atoms with Gasteiger partial charge in [-0.05, 0) is 48.4 Å². The zero-order chi connectivity index (χ0) is 27.7. The van der Waals surface area contributed by atoms with Crippen molar-refractivity contribution in [1.82, 2.24) is 14.7 Å². The number of fused-ring (bicyclic) bond motifs is 2. The third-order valence-corrected chi connectivity index (χ3v) is 7.75. The first-order chi connectivity index (χ1) is 18.7. The molecule has 0 fully saturated rings. The van der Waals surface area contributed by atoms with Crippen LogP contribution < -0.4 is 19.1 Å². The summed E-state index contributed by atoms with van der Waals surface area (Å²) >= 11 is 0. The molecule has 0 atom stereocenters. The Balaban J connectivity index is 1.39. The zero-order valence-corrected chi connectivity index (χ0v) is 22.4. The van der Waals surface area contributed by atoms with Gasteiger partial charge >= 0.3 is 0 Å². The van der Waals surface area contributed by atoms with Crippen molar-refractivity contribution < 1.29 is 27.5 Å². The summed E-state index contributed by atoms with van der Waals surface area (Å²) < 4.78 is 38.7. The van der Waals surface area contributed by atoms with E-state index < -0.39 is 21.7 Å². The van der Waals surface area contributed by atoms with Crippen molar-refractivity contribution in [2.45, 2.75) is 25.6 Å². The topological polar surface area (TPSA) is 128 Å². The first-order valence-corrected chi connectivity index (χ1v) is 13.7. The number of sulfonamides is 1. The molecule has 0 radical (unpaired) electrons. The van der Waals surface area contributed by atoms with E-state index in [1.807, 2.05) is 6.07 Å². The Morgan fingerprint density at radius 3 is 2.49 bits per heavy atom. The van der Waals surface area contributed by atoms with Crippen molar-refractivity contribution in [3.63, 3.8) is 0 Å². The number of nitrogens with zero attached hydrogens (tertiary/aromatic N) is 3. The molecule has 10 nitrogen and oxygen atoms in total. The number of ether oxygens (including phenoxy) is 2. The second kappa shape index (κ2) is 10.3. The van der Waals surface area contributed by atoms with Gasteiger partial charge in [-0.1, -0.05) is 18.2 Å². The molecule has 200 valence electrons. The van der Waals surface area contributed by atoms with E-state index in [4.69, 9.17) is 9.47 Å². The number of anilines is 1. The number of nitrogens with one attached hydrogen (secondary N) is 1. The number of methoxy groups -OCH3 is 2. The highest BCUT2D eigenvalue weighted by atomic mass is 32.2. The fraction of sp³-hybridized carbons (Fsp3) is 0.214. The number of aryl methyl sites for hydroxylation is 1. The number of pyridine rings is 2. The van der Waals surface area contributed by atoms with Gasteiger partial charge in [0, 0.05) is 34.7 Å². The first kappa shape index (κ1) is 26.1. The van der Waals surface area contributed by atoms with E-state index in [1.165, 1.54) is 13.3 Å². The number of aromatic nitrogens is 2. The normalized spacial score (nSPS) is 12.9. The van der Waals surface area contributed by atoms with E-state index in [0.717, 1.165) is 0 Å². The molecule has 0 spiro atoms. The lowest BCUT2D eigenvalue weighted by molar-refractivity contribution is -0.118. The monoisotopic (exact) mass is 546 g/mol. The van der Waals surface area contributed by atoms with Gasteiger partial charge in [0.25, 0.3) is 5.91 Å². The van der Waals surface area contributed by atoms with Crippen molar-refractivity contribution >= 4 is 38.4 Å². The Morgan fingerprint density at radius 1 is 1.03 bits per heavy atom. The number of hydrogen-bond acceptors (Lipinski definition) is 8. The van der Waals surface area contributed by atoms with Crippen LogP contribution >= 0.6 is 0 Å². The van der Waals surface area contributed by atoms with Crippen molar-refractivity contribution in [3.05, 3.63) is 88.9 Å². The minimum atomic E-state index is -3.95. The molecular weight excluding hydrogens is 520 g/mol. The third-order valence-electron chi connectivity index (χ3n) is 6.50. The quantitative estimate of drug-likeness (QED) is 0.357.